The molecule has 0 aromatic heterocycles. The zero-order chi connectivity index (χ0) is 37.5. The molecule has 0 spiro atoms. The number of epoxide rings is 1. The Hall–Kier alpha value is -1.78. The molecule has 2 N–H and O–H groups in total. The van der Waals surface area contributed by atoms with Gasteiger partial charge in [-0.15, -0.1) is 0 Å². The molecule has 2 aliphatic heterocycles. The first kappa shape index (κ1) is 44.6. The van der Waals surface area contributed by atoms with Crippen LogP contribution in [0.4, 0.5) is 0 Å². The van der Waals surface area contributed by atoms with Gasteiger partial charge in [0.15, 0.2) is 0 Å². The fourth-order valence-corrected chi connectivity index (χ4v) is 19.8. The van der Waals surface area contributed by atoms with Crippen LogP contribution in [0.5, 0.6) is 0 Å². The van der Waals surface area contributed by atoms with Crippen LogP contribution in [0, 0.1) is 0 Å². The Morgan fingerprint density at radius 1 is 0.750 bits per heavy atom. The zero-order valence-electron chi connectivity index (χ0n) is 33.1. The molecule has 2 fully saturated rings. The van der Waals surface area contributed by atoms with E-state index in [9.17, 15) is 5.11 Å². The van der Waals surface area contributed by atoms with Gasteiger partial charge >= 0.3 is 102 Å². The number of aliphatic hydroxyl groups is 2. The molecule has 3 aromatic carbocycles. The van der Waals surface area contributed by atoms with E-state index < -0.39 is 24.2 Å². The van der Waals surface area contributed by atoms with Crippen molar-refractivity contribution in [2.75, 3.05) is 40.1 Å². The summed E-state index contributed by atoms with van der Waals surface area (Å²) in [5, 5.41) is 19.2. The van der Waals surface area contributed by atoms with Gasteiger partial charge in [-0.2, -0.15) is 0 Å². The van der Waals surface area contributed by atoms with Gasteiger partial charge in [0, 0.05) is 10.8 Å². The number of unbranched alkanes of at least 4 members (excludes halogenated alkanes) is 3. The van der Waals surface area contributed by atoms with Crippen molar-refractivity contribution in [1.82, 2.24) is 0 Å². The van der Waals surface area contributed by atoms with Gasteiger partial charge in [-0.25, -0.2) is 0 Å². The van der Waals surface area contributed by atoms with Crippen LogP contribution < -0.4 is 0 Å². The van der Waals surface area contributed by atoms with E-state index >= 15 is 0 Å². The monoisotopic (exact) mass is 826 g/mol. The Morgan fingerprint density at radius 3 is 1.73 bits per heavy atom. The van der Waals surface area contributed by atoms with Crippen LogP contribution in [0.2, 0.25) is 13.3 Å². The summed E-state index contributed by atoms with van der Waals surface area (Å²) in [5.74, 6) is 0. The van der Waals surface area contributed by atoms with Gasteiger partial charge < -0.3 is 24.4 Å². The molecule has 290 valence electrons. The van der Waals surface area contributed by atoms with Crippen molar-refractivity contribution in [3.05, 3.63) is 108 Å². The molecule has 2 heterocycles. The van der Waals surface area contributed by atoms with E-state index in [0.717, 1.165) is 43.6 Å². The summed E-state index contributed by atoms with van der Waals surface area (Å²) in [6, 6.07) is 30.7. The maximum atomic E-state index is 10.1. The molecule has 0 amide bonds. The average molecular weight is 826 g/mol. The largest absolute Gasteiger partial charge is 0.395 e. The van der Waals surface area contributed by atoms with Crippen molar-refractivity contribution in [3.63, 3.8) is 0 Å². The van der Waals surface area contributed by atoms with Crippen LogP contribution >= 0.6 is 0 Å². The van der Waals surface area contributed by atoms with Crippen LogP contribution in [0.15, 0.2) is 91.0 Å². The summed E-state index contributed by atoms with van der Waals surface area (Å²) in [4.78, 5) is 0. The van der Waals surface area contributed by atoms with Gasteiger partial charge in [0.2, 0.25) is 0 Å². The maximum Gasteiger partial charge on any atom is 0.0820 e. The first-order valence-electron chi connectivity index (χ1n) is 20.1. The first-order valence-corrected chi connectivity index (χ1v) is 27.3. The van der Waals surface area contributed by atoms with Crippen molar-refractivity contribution in [2.45, 2.75) is 128 Å². The van der Waals surface area contributed by atoms with E-state index in [1.54, 1.807) is 0 Å². The Kier molecular flexibility index (Phi) is 21.1. The molecule has 4 atom stereocenters. The molecule has 2 saturated heterocycles. The van der Waals surface area contributed by atoms with Crippen molar-refractivity contribution < 1.29 is 27.5 Å². The Balaban J connectivity index is 0.000000217. The minimum absolute atomic E-state index is 0.0187. The molecule has 0 saturated carbocycles. The van der Waals surface area contributed by atoms with Crippen molar-refractivity contribution in [1.29, 1.82) is 0 Å². The van der Waals surface area contributed by atoms with Gasteiger partial charge in [-0.3, -0.25) is 0 Å². The number of hydrogen-bond donors (Lipinski definition) is 2. The fourth-order valence-electron chi connectivity index (χ4n) is 7.38. The van der Waals surface area contributed by atoms with E-state index in [1.165, 1.54) is 57.4 Å². The van der Waals surface area contributed by atoms with E-state index in [2.05, 4.69) is 64.1 Å². The van der Waals surface area contributed by atoms with E-state index in [4.69, 9.17) is 22.4 Å². The average Bonchev–Trinajstić information content (AvgIpc) is 3.92. The molecule has 4 unspecified atom stereocenters. The van der Waals surface area contributed by atoms with Crippen LogP contribution in [0.3, 0.4) is 0 Å². The summed E-state index contributed by atoms with van der Waals surface area (Å²) < 4.78 is 27.4. The number of hydrogen-bond acceptors (Lipinski definition) is 6. The number of aliphatic hydroxyl groups excluding tert-OH is 2. The predicted molar refractivity (Wildman–Crippen MR) is 217 cm³/mol. The van der Waals surface area contributed by atoms with Crippen molar-refractivity contribution >= 4 is 18.8 Å². The Morgan fingerprint density at radius 2 is 1.29 bits per heavy atom. The zero-order valence-corrected chi connectivity index (χ0v) is 35.9. The smallest absolute Gasteiger partial charge is 0.0820 e. The Labute approximate surface area is 321 Å². The van der Waals surface area contributed by atoms with Crippen LogP contribution in [0.25, 0.3) is 0 Å². The van der Waals surface area contributed by atoms with Gasteiger partial charge in [0.1, 0.15) is 0 Å². The normalized spacial score (nSPS) is 20.6. The van der Waals surface area contributed by atoms with Crippen LogP contribution in [0.1, 0.15) is 102 Å². The van der Waals surface area contributed by atoms with Gasteiger partial charge in [0.25, 0.3) is 0 Å². The van der Waals surface area contributed by atoms with Gasteiger partial charge in [-0.1, -0.05) is 97.9 Å². The molecule has 0 bridgehead atoms. The molecule has 6 nitrogen and oxygen atoms in total. The summed E-state index contributed by atoms with van der Waals surface area (Å²) in [6.07, 6.45) is 11.3. The van der Waals surface area contributed by atoms with Gasteiger partial charge in [0.05, 0.1) is 51.8 Å². The molecule has 5 rings (SSSR count). The fraction of sp³-hybridized carbons (Fsp3) is 0.600. The number of benzene rings is 3. The first-order chi connectivity index (χ1) is 25.4. The second-order valence-electron chi connectivity index (χ2n) is 15.0. The second-order valence-corrected chi connectivity index (χ2v) is 27.2. The molecule has 0 radical (unpaired) electrons. The van der Waals surface area contributed by atoms with Gasteiger partial charge in [-0.05, 0) is 36.0 Å². The van der Waals surface area contributed by atoms with E-state index in [-0.39, 0.29) is 30.8 Å². The third-order valence-electron chi connectivity index (χ3n) is 11.1. The predicted octanol–water partition coefficient (Wildman–Crippen LogP) is 10.0. The van der Waals surface area contributed by atoms with Crippen LogP contribution in [-0.4, -0.2) is 81.4 Å². The number of rotatable bonds is 21. The minimum atomic E-state index is -2.12. The third-order valence-corrected chi connectivity index (χ3v) is 24.4. The molecular formula is C45H70O6Sn. The molecule has 2 aliphatic rings. The quantitative estimate of drug-likeness (QED) is 0.0823. The second kappa shape index (κ2) is 24.6. The van der Waals surface area contributed by atoms with E-state index in [1.807, 2.05) is 61.7 Å². The molecule has 52 heavy (non-hydrogen) atoms. The van der Waals surface area contributed by atoms with Crippen LogP contribution in [-0.2, 0) is 34.7 Å². The molecule has 7 heteroatoms. The minimum Gasteiger partial charge on any atom is -0.395 e. The van der Waals surface area contributed by atoms with Crippen molar-refractivity contribution in [2.24, 2.45) is 0 Å². The van der Waals surface area contributed by atoms with E-state index in [0.29, 0.717) is 13.2 Å². The number of ether oxygens (including phenoxy) is 3. The van der Waals surface area contributed by atoms with Crippen molar-refractivity contribution in [3.8, 4) is 0 Å². The Bertz CT molecular complexity index is 1290. The summed E-state index contributed by atoms with van der Waals surface area (Å²) in [6.45, 7) is 11.8. The molecule has 0 aliphatic carbocycles. The molecule has 3 aromatic rings. The third kappa shape index (κ3) is 14.5. The summed E-state index contributed by atoms with van der Waals surface area (Å²) in [5.41, 5.74) is 3.32. The summed E-state index contributed by atoms with van der Waals surface area (Å²) in [7, 11) is 2.00. The molecular weight excluding hydrogens is 755 g/mol. The topological polar surface area (TPSA) is 80.7 Å². The standard InChI is InChI=1S/C19H22O3.C13H18O2.3C4H9.CH3O.Sn/c20-14-19(11-18-13-22-18,17-9-5-2-6-10-17)15-21-12-16-7-3-1-4-8-16;1-2-13(8-12(9-14)15-10-13)11-6-4-3-5-7-11;3*1-3-4-2;1-2;/h1-10,18,20H,11-15H2;3-7,12,14H,2,8-10H2,1H3;3*1,3-4H2,2H3;1H3;/q;;;;;-1;+1. The SMILES string of the molecule is CCC1(c2ccccc2)COC(CO)C1.CCC[CH2][Sn]([CH2]CCC)([CH2]CCC)[O]C.OCC(COCc1ccccc1)(CC1CO1)c1ccccc1. The maximum absolute atomic E-state index is 10.1. The summed E-state index contributed by atoms with van der Waals surface area (Å²) >= 11 is -2.12.